The molecule has 0 aromatic carbocycles. The first kappa shape index (κ1) is 17.2. The monoisotopic (exact) mass is 355 g/mol. The van der Waals surface area contributed by atoms with Gasteiger partial charge in [0.25, 0.3) is 0 Å². The van der Waals surface area contributed by atoms with Gasteiger partial charge in [0.2, 0.25) is 10.0 Å². The lowest BCUT2D eigenvalue weighted by Gasteiger charge is -2.28. The lowest BCUT2D eigenvalue weighted by atomic mass is 10.1. The number of likely N-dealkylation sites (tertiary alicyclic amines) is 1. The Balaban J connectivity index is 1.69. The van der Waals surface area contributed by atoms with E-state index >= 15 is 0 Å². The maximum atomic E-state index is 12.8. The van der Waals surface area contributed by atoms with Crippen molar-refractivity contribution in [3.8, 4) is 0 Å². The lowest BCUT2D eigenvalue weighted by molar-refractivity contribution is 0.151. The number of urea groups is 1. The number of amides is 2. The van der Waals surface area contributed by atoms with Crippen molar-refractivity contribution >= 4 is 16.1 Å². The van der Waals surface area contributed by atoms with E-state index in [2.05, 4.69) is 9.82 Å². The van der Waals surface area contributed by atoms with Crippen molar-refractivity contribution in [3.05, 3.63) is 18.0 Å². The molecular formula is C15H25N5O3S. The Labute approximate surface area is 142 Å². The van der Waals surface area contributed by atoms with Crippen molar-refractivity contribution in [2.45, 2.75) is 32.4 Å². The Hall–Kier alpha value is -1.61. The van der Waals surface area contributed by atoms with Crippen LogP contribution in [0.4, 0.5) is 4.79 Å². The van der Waals surface area contributed by atoms with E-state index in [1.54, 1.807) is 6.20 Å². The third-order valence-electron chi connectivity index (χ3n) is 4.63. The number of sulfonamides is 1. The molecule has 0 bridgehead atoms. The van der Waals surface area contributed by atoms with Crippen LogP contribution in [0.3, 0.4) is 0 Å². The van der Waals surface area contributed by atoms with Crippen molar-refractivity contribution in [1.29, 1.82) is 0 Å². The van der Waals surface area contributed by atoms with E-state index in [0.717, 1.165) is 37.9 Å². The van der Waals surface area contributed by atoms with Gasteiger partial charge in [-0.2, -0.15) is 5.10 Å². The molecule has 2 aliphatic rings. The largest absolute Gasteiger partial charge is 0.325 e. The smallest absolute Gasteiger partial charge is 0.320 e. The zero-order valence-electron chi connectivity index (χ0n) is 14.0. The predicted molar refractivity (Wildman–Crippen MR) is 89.8 cm³/mol. The van der Waals surface area contributed by atoms with E-state index in [1.165, 1.54) is 0 Å². The van der Waals surface area contributed by atoms with Crippen LogP contribution in [0.1, 0.15) is 25.0 Å². The summed E-state index contributed by atoms with van der Waals surface area (Å²) in [4.78, 5) is 16.6. The first-order chi connectivity index (χ1) is 11.4. The van der Waals surface area contributed by atoms with Gasteiger partial charge in [-0.15, -0.1) is 0 Å². The van der Waals surface area contributed by atoms with Crippen LogP contribution in [0.15, 0.2) is 12.3 Å². The van der Waals surface area contributed by atoms with Gasteiger partial charge in [0, 0.05) is 38.9 Å². The molecule has 134 valence electrons. The fourth-order valence-corrected chi connectivity index (χ4v) is 3.91. The van der Waals surface area contributed by atoms with Gasteiger partial charge in [-0.3, -0.25) is 4.68 Å². The second kappa shape index (κ2) is 7.10. The van der Waals surface area contributed by atoms with Crippen molar-refractivity contribution in [3.63, 3.8) is 0 Å². The summed E-state index contributed by atoms with van der Waals surface area (Å²) in [6.45, 7) is 3.93. The number of carbonyl (C=O) groups excluding carboxylic acids is 1. The minimum Gasteiger partial charge on any atom is -0.325 e. The summed E-state index contributed by atoms with van der Waals surface area (Å²) in [5, 5.41) is 4.34. The normalized spacial score (nSPS) is 21.6. The highest BCUT2D eigenvalue weighted by molar-refractivity contribution is 7.88. The van der Waals surface area contributed by atoms with Crippen LogP contribution >= 0.6 is 0 Å². The standard InChI is InChI=1S/C15H25N5O3S/c1-24(22,23)17-7-4-13-10-19(15(21)18-8-2-3-9-18)12-14-5-6-16-20(14)11-13/h5-6,13,17H,2-4,7-12H2,1H3/t13-/m1/s1. The maximum Gasteiger partial charge on any atom is 0.320 e. The minimum atomic E-state index is -3.19. The Morgan fingerprint density at radius 3 is 2.75 bits per heavy atom. The number of hydrogen-bond acceptors (Lipinski definition) is 4. The summed E-state index contributed by atoms with van der Waals surface area (Å²) in [5.74, 6) is 0.173. The molecule has 0 saturated carbocycles. The van der Waals surface area contributed by atoms with Gasteiger partial charge in [0.15, 0.2) is 0 Å². The molecule has 3 rings (SSSR count). The summed E-state index contributed by atoms with van der Waals surface area (Å²) < 4.78 is 27.0. The Morgan fingerprint density at radius 1 is 1.29 bits per heavy atom. The van der Waals surface area contributed by atoms with Crippen molar-refractivity contribution in [1.82, 2.24) is 24.3 Å². The molecule has 1 aromatic rings. The number of nitrogens with zero attached hydrogens (tertiary/aromatic N) is 4. The molecule has 2 amide bonds. The summed E-state index contributed by atoms with van der Waals surface area (Å²) >= 11 is 0. The molecule has 0 unspecified atom stereocenters. The van der Waals surface area contributed by atoms with E-state index < -0.39 is 10.0 Å². The van der Waals surface area contributed by atoms with Crippen LogP contribution in [0.2, 0.25) is 0 Å². The minimum absolute atomic E-state index is 0.0863. The average molecular weight is 355 g/mol. The summed E-state index contributed by atoms with van der Waals surface area (Å²) in [6.07, 6.45) is 5.73. The molecule has 1 N–H and O–H groups in total. The molecule has 2 aliphatic heterocycles. The second-order valence-corrected chi connectivity index (χ2v) is 8.52. The van der Waals surface area contributed by atoms with E-state index in [-0.39, 0.29) is 11.9 Å². The van der Waals surface area contributed by atoms with Gasteiger partial charge >= 0.3 is 6.03 Å². The van der Waals surface area contributed by atoms with Crippen molar-refractivity contribution in [2.24, 2.45) is 5.92 Å². The SMILES string of the molecule is CS(=O)(=O)NCC[C@@H]1CN(C(=O)N2CCCC2)Cc2ccnn2C1. The Bertz CT molecular complexity index is 681. The van der Waals surface area contributed by atoms with Gasteiger partial charge in [-0.1, -0.05) is 0 Å². The predicted octanol–water partition coefficient (Wildman–Crippen LogP) is 0.470. The van der Waals surface area contributed by atoms with Crippen molar-refractivity contribution in [2.75, 3.05) is 32.4 Å². The highest BCUT2D eigenvalue weighted by Crippen LogP contribution is 2.21. The van der Waals surface area contributed by atoms with Gasteiger partial charge in [-0.25, -0.2) is 17.9 Å². The number of carbonyl (C=O) groups is 1. The molecule has 0 aliphatic carbocycles. The fourth-order valence-electron chi connectivity index (χ4n) is 3.42. The highest BCUT2D eigenvalue weighted by atomic mass is 32.2. The molecule has 1 aromatic heterocycles. The van der Waals surface area contributed by atoms with Crippen LogP contribution in [0.5, 0.6) is 0 Å². The molecule has 3 heterocycles. The van der Waals surface area contributed by atoms with Crippen LogP contribution in [-0.2, 0) is 23.1 Å². The summed E-state index contributed by atoms with van der Waals surface area (Å²) in [6, 6.07) is 2.03. The topological polar surface area (TPSA) is 87.5 Å². The maximum absolute atomic E-state index is 12.8. The summed E-state index contributed by atoms with van der Waals surface area (Å²) in [7, 11) is -3.19. The van der Waals surface area contributed by atoms with E-state index in [9.17, 15) is 13.2 Å². The molecular weight excluding hydrogens is 330 g/mol. The van der Waals surface area contributed by atoms with Gasteiger partial charge in [0.1, 0.15) is 0 Å². The summed E-state index contributed by atoms with van der Waals surface area (Å²) in [5.41, 5.74) is 1.03. The first-order valence-corrected chi connectivity index (χ1v) is 10.3. The van der Waals surface area contributed by atoms with Gasteiger partial charge in [-0.05, 0) is 31.2 Å². The molecule has 24 heavy (non-hydrogen) atoms. The number of rotatable bonds is 4. The fraction of sp³-hybridized carbons (Fsp3) is 0.733. The van der Waals surface area contributed by atoms with Crippen LogP contribution < -0.4 is 4.72 Å². The Morgan fingerprint density at radius 2 is 2.04 bits per heavy atom. The van der Waals surface area contributed by atoms with Crippen LogP contribution in [-0.4, -0.2) is 66.5 Å². The molecule has 0 radical (unpaired) electrons. The first-order valence-electron chi connectivity index (χ1n) is 8.41. The van der Waals surface area contributed by atoms with Gasteiger partial charge < -0.3 is 9.80 Å². The number of nitrogens with one attached hydrogen (secondary N) is 1. The van der Waals surface area contributed by atoms with E-state index in [1.807, 2.05) is 20.5 Å². The van der Waals surface area contributed by atoms with E-state index in [0.29, 0.717) is 32.6 Å². The zero-order chi connectivity index (χ0) is 17.2. The zero-order valence-corrected chi connectivity index (χ0v) is 14.8. The quantitative estimate of drug-likeness (QED) is 0.850. The van der Waals surface area contributed by atoms with E-state index in [4.69, 9.17) is 0 Å². The second-order valence-electron chi connectivity index (χ2n) is 6.68. The Kier molecular flexibility index (Phi) is 5.09. The molecule has 0 spiro atoms. The van der Waals surface area contributed by atoms with Crippen LogP contribution in [0.25, 0.3) is 0 Å². The average Bonchev–Trinajstić information content (AvgIpc) is 3.14. The molecule has 9 heteroatoms. The highest BCUT2D eigenvalue weighted by Gasteiger charge is 2.29. The third kappa shape index (κ3) is 4.27. The van der Waals surface area contributed by atoms with Crippen molar-refractivity contribution < 1.29 is 13.2 Å². The molecule has 1 fully saturated rings. The molecule has 1 saturated heterocycles. The number of fused-ring (bicyclic) bond motifs is 1. The lowest BCUT2D eigenvalue weighted by Crippen LogP contribution is -2.43. The van der Waals surface area contributed by atoms with Crippen LogP contribution in [0, 0.1) is 5.92 Å². The molecule has 1 atom stereocenters. The third-order valence-corrected chi connectivity index (χ3v) is 5.36. The number of hydrogen-bond donors (Lipinski definition) is 1. The number of aromatic nitrogens is 2. The van der Waals surface area contributed by atoms with Gasteiger partial charge in [0.05, 0.1) is 18.5 Å². The molecule has 8 nitrogen and oxygen atoms in total.